The van der Waals surface area contributed by atoms with Crippen LogP contribution in [0.4, 0.5) is 0 Å². The van der Waals surface area contributed by atoms with Crippen LogP contribution in [0.2, 0.25) is 0 Å². The number of carbonyl (C=O) groups excluding carboxylic acids is 1. The van der Waals surface area contributed by atoms with Crippen LogP contribution < -0.4 is 0 Å². The van der Waals surface area contributed by atoms with E-state index in [-0.39, 0.29) is 6.61 Å². The molecule has 8 heteroatoms. The van der Waals surface area contributed by atoms with Gasteiger partial charge in [0, 0.05) is 0 Å². The number of rotatable bonds is 8. The molecule has 0 aromatic heterocycles. The van der Waals surface area contributed by atoms with Gasteiger partial charge in [-0.3, -0.25) is 0 Å². The van der Waals surface area contributed by atoms with E-state index in [1.165, 1.54) is 0 Å². The molecule has 2 rings (SSSR count). The third-order valence-electron chi connectivity index (χ3n) is 4.20. The van der Waals surface area contributed by atoms with Crippen LogP contribution in [0, 0.1) is 0 Å². The van der Waals surface area contributed by atoms with Crippen LogP contribution in [0.1, 0.15) is 19.4 Å². The number of aliphatic hydroxyl groups excluding tert-OH is 2. The third-order valence-corrected chi connectivity index (χ3v) is 4.20. The van der Waals surface area contributed by atoms with Gasteiger partial charge in [-0.15, -0.1) is 0 Å². The zero-order valence-electron chi connectivity index (χ0n) is 15.1. The summed E-state index contributed by atoms with van der Waals surface area (Å²) in [6.07, 6.45) is -3.63. The fourth-order valence-corrected chi connectivity index (χ4v) is 2.85. The fraction of sp³-hybridized carbons (Fsp3) is 0.611. The van der Waals surface area contributed by atoms with Crippen LogP contribution in [0.3, 0.4) is 0 Å². The second-order valence-corrected chi connectivity index (χ2v) is 6.66. The van der Waals surface area contributed by atoms with Crippen molar-refractivity contribution < 1.29 is 39.1 Å². The van der Waals surface area contributed by atoms with Crippen LogP contribution >= 0.6 is 0 Å². The van der Waals surface area contributed by atoms with Crippen molar-refractivity contribution in [3.63, 3.8) is 0 Å². The SMILES string of the molecule is COC(=O)[C@](O)(CO)[C@H](O)[C@@H]1OC(C)(C)O[C@H]1COCc1ccccc1. The Labute approximate surface area is 152 Å². The highest BCUT2D eigenvalue weighted by Gasteiger charge is 2.55. The van der Waals surface area contributed by atoms with E-state index in [1.54, 1.807) is 13.8 Å². The molecule has 4 atom stereocenters. The van der Waals surface area contributed by atoms with Crippen molar-refractivity contribution in [2.24, 2.45) is 0 Å². The Balaban J connectivity index is 2.07. The largest absolute Gasteiger partial charge is 0.467 e. The van der Waals surface area contributed by atoms with Gasteiger partial charge < -0.3 is 34.3 Å². The topological polar surface area (TPSA) is 115 Å². The lowest BCUT2D eigenvalue weighted by atomic mass is 9.91. The number of carbonyl (C=O) groups is 1. The van der Waals surface area contributed by atoms with Crippen LogP contribution in [0.15, 0.2) is 30.3 Å². The number of hydrogen-bond acceptors (Lipinski definition) is 8. The van der Waals surface area contributed by atoms with Gasteiger partial charge in [-0.2, -0.15) is 0 Å². The van der Waals surface area contributed by atoms with Crippen molar-refractivity contribution in [1.29, 1.82) is 0 Å². The number of ether oxygens (including phenoxy) is 4. The van der Waals surface area contributed by atoms with Gasteiger partial charge in [0.15, 0.2) is 5.79 Å². The monoisotopic (exact) mass is 370 g/mol. The molecule has 0 amide bonds. The minimum atomic E-state index is -2.53. The molecule has 0 aliphatic carbocycles. The van der Waals surface area contributed by atoms with E-state index in [1.807, 2.05) is 30.3 Å². The Hall–Kier alpha value is -1.55. The van der Waals surface area contributed by atoms with Crippen molar-refractivity contribution in [3.8, 4) is 0 Å². The molecule has 146 valence electrons. The second-order valence-electron chi connectivity index (χ2n) is 6.66. The number of esters is 1. The van der Waals surface area contributed by atoms with E-state index in [4.69, 9.17) is 14.2 Å². The number of hydrogen-bond donors (Lipinski definition) is 3. The van der Waals surface area contributed by atoms with Gasteiger partial charge in [-0.25, -0.2) is 4.79 Å². The molecule has 1 aliphatic rings. The highest BCUT2D eigenvalue weighted by atomic mass is 16.8. The van der Waals surface area contributed by atoms with Gasteiger partial charge in [-0.1, -0.05) is 30.3 Å². The molecule has 1 fully saturated rings. The maximum absolute atomic E-state index is 11.8. The normalized spacial score (nSPS) is 25.5. The minimum Gasteiger partial charge on any atom is -0.467 e. The molecule has 1 aromatic rings. The van der Waals surface area contributed by atoms with Crippen molar-refractivity contribution in [3.05, 3.63) is 35.9 Å². The molecule has 0 bridgehead atoms. The summed E-state index contributed by atoms with van der Waals surface area (Å²) in [5.41, 5.74) is -1.56. The molecule has 1 saturated heterocycles. The van der Waals surface area contributed by atoms with Crippen molar-refractivity contribution >= 4 is 5.97 Å². The maximum atomic E-state index is 11.8. The van der Waals surface area contributed by atoms with E-state index in [0.717, 1.165) is 12.7 Å². The average Bonchev–Trinajstić information content (AvgIpc) is 2.95. The summed E-state index contributed by atoms with van der Waals surface area (Å²) in [6.45, 7) is 2.63. The molecule has 0 radical (unpaired) electrons. The highest BCUT2D eigenvalue weighted by molar-refractivity contribution is 5.80. The lowest BCUT2D eigenvalue weighted by Gasteiger charge is -2.33. The first-order valence-electron chi connectivity index (χ1n) is 8.30. The molecule has 0 unspecified atom stereocenters. The summed E-state index contributed by atoms with van der Waals surface area (Å²) >= 11 is 0. The molecule has 0 spiro atoms. The summed E-state index contributed by atoms with van der Waals surface area (Å²) < 4.78 is 21.5. The summed E-state index contributed by atoms with van der Waals surface area (Å²) in [6, 6.07) is 9.49. The quantitative estimate of drug-likeness (QED) is 0.547. The summed E-state index contributed by atoms with van der Waals surface area (Å²) in [5.74, 6) is -2.22. The maximum Gasteiger partial charge on any atom is 0.343 e. The van der Waals surface area contributed by atoms with Crippen LogP contribution in [0.25, 0.3) is 0 Å². The predicted molar refractivity (Wildman–Crippen MR) is 90.0 cm³/mol. The van der Waals surface area contributed by atoms with Gasteiger partial charge >= 0.3 is 5.97 Å². The Morgan fingerprint density at radius 2 is 1.96 bits per heavy atom. The second kappa shape index (κ2) is 8.43. The molecular weight excluding hydrogens is 344 g/mol. The number of benzene rings is 1. The molecule has 0 saturated carbocycles. The zero-order chi connectivity index (χ0) is 19.4. The summed E-state index contributed by atoms with van der Waals surface area (Å²) in [7, 11) is 1.05. The smallest absolute Gasteiger partial charge is 0.343 e. The van der Waals surface area contributed by atoms with E-state index in [9.17, 15) is 20.1 Å². The average molecular weight is 370 g/mol. The van der Waals surface area contributed by atoms with Crippen molar-refractivity contribution in [2.45, 2.75) is 50.2 Å². The molecule has 26 heavy (non-hydrogen) atoms. The van der Waals surface area contributed by atoms with E-state index in [2.05, 4.69) is 4.74 Å². The van der Waals surface area contributed by atoms with Crippen LogP contribution in [-0.2, 0) is 30.3 Å². The predicted octanol–water partition coefficient (Wildman–Crippen LogP) is -0.0194. The van der Waals surface area contributed by atoms with Gasteiger partial charge in [0.1, 0.15) is 18.3 Å². The van der Waals surface area contributed by atoms with Crippen LogP contribution in [0.5, 0.6) is 0 Å². The number of aliphatic hydroxyl groups is 3. The molecule has 1 aliphatic heterocycles. The summed E-state index contributed by atoms with van der Waals surface area (Å²) in [5, 5.41) is 30.3. The van der Waals surface area contributed by atoms with E-state index < -0.39 is 42.3 Å². The first-order valence-corrected chi connectivity index (χ1v) is 8.30. The first kappa shape index (κ1) is 20.8. The fourth-order valence-electron chi connectivity index (χ4n) is 2.85. The molecule has 8 nitrogen and oxygen atoms in total. The Morgan fingerprint density at radius 1 is 1.31 bits per heavy atom. The molecule has 1 aromatic carbocycles. The van der Waals surface area contributed by atoms with Gasteiger partial charge in [0.2, 0.25) is 5.60 Å². The van der Waals surface area contributed by atoms with Crippen molar-refractivity contribution in [2.75, 3.05) is 20.3 Å². The molecular formula is C18H26O8. The van der Waals surface area contributed by atoms with Gasteiger partial charge in [0.25, 0.3) is 0 Å². The number of methoxy groups -OCH3 is 1. The van der Waals surface area contributed by atoms with Gasteiger partial charge in [-0.05, 0) is 19.4 Å². The first-order chi connectivity index (χ1) is 12.2. The molecule has 1 heterocycles. The lowest BCUT2D eigenvalue weighted by Crippen LogP contribution is -2.60. The minimum absolute atomic E-state index is 0.0583. The van der Waals surface area contributed by atoms with Gasteiger partial charge in [0.05, 0.1) is 26.9 Å². The Morgan fingerprint density at radius 3 is 2.54 bits per heavy atom. The van der Waals surface area contributed by atoms with Crippen molar-refractivity contribution in [1.82, 2.24) is 0 Å². The Kier molecular flexibility index (Phi) is 6.73. The summed E-state index contributed by atoms with van der Waals surface area (Å²) in [4.78, 5) is 11.8. The highest BCUT2D eigenvalue weighted by Crippen LogP contribution is 2.33. The van der Waals surface area contributed by atoms with Crippen LogP contribution in [-0.4, -0.2) is 71.3 Å². The standard InChI is InChI=1S/C18H26O8/c1-17(2)25-13(10-24-9-12-7-5-4-6-8-12)14(26-17)15(20)18(22,11-19)16(21)23-3/h4-8,13-15,19-20,22H,9-11H2,1-3H3/t13-,14+,15+,18-/m0/s1. The van der Waals surface area contributed by atoms with E-state index in [0.29, 0.717) is 6.61 Å². The lowest BCUT2D eigenvalue weighted by molar-refractivity contribution is -0.204. The Bertz CT molecular complexity index is 590. The third kappa shape index (κ3) is 4.59. The van der Waals surface area contributed by atoms with E-state index >= 15 is 0 Å². The molecule has 3 N–H and O–H groups in total. The zero-order valence-corrected chi connectivity index (χ0v) is 15.1.